The Kier molecular flexibility index (Phi) is 3.34. The van der Waals surface area contributed by atoms with Crippen LogP contribution in [0.4, 0.5) is 0 Å². The predicted octanol–water partition coefficient (Wildman–Crippen LogP) is 3.67. The van der Waals surface area contributed by atoms with Crippen molar-refractivity contribution in [1.82, 2.24) is 5.32 Å². The number of hydrogen-bond acceptors (Lipinski definition) is 1. The average molecular weight is 217 g/mol. The molecule has 0 amide bonds. The van der Waals surface area contributed by atoms with Crippen molar-refractivity contribution in [3.8, 4) is 0 Å². The summed E-state index contributed by atoms with van der Waals surface area (Å²) in [5.41, 5.74) is 5.84. The number of nitrogens with one attached hydrogen (secondary N) is 1. The Labute approximate surface area is 99.3 Å². The van der Waals surface area contributed by atoms with Gasteiger partial charge >= 0.3 is 0 Å². The van der Waals surface area contributed by atoms with Gasteiger partial charge in [0.15, 0.2) is 0 Å². The van der Waals surface area contributed by atoms with Crippen LogP contribution in [0.2, 0.25) is 0 Å². The number of rotatable bonds is 2. The molecule has 1 heterocycles. The van der Waals surface area contributed by atoms with Gasteiger partial charge in [0.05, 0.1) is 0 Å². The zero-order valence-corrected chi connectivity index (χ0v) is 10.9. The van der Waals surface area contributed by atoms with Crippen LogP contribution < -0.4 is 5.32 Å². The molecule has 1 aromatic carbocycles. The van der Waals surface area contributed by atoms with Crippen LogP contribution in [0.5, 0.6) is 0 Å². The van der Waals surface area contributed by atoms with Gasteiger partial charge in [-0.15, -0.1) is 0 Å². The molecule has 1 aliphatic heterocycles. The van der Waals surface area contributed by atoms with E-state index >= 15 is 0 Å². The molecule has 0 aliphatic carbocycles. The first-order valence-electron chi connectivity index (χ1n) is 6.44. The fraction of sp³-hybridized carbons (Fsp3) is 0.600. The van der Waals surface area contributed by atoms with Crippen LogP contribution >= 0.6 is 0 Å². The van der Waals surface area contributed by atoms with Crippen molar-refractivity contribution >= 4 is 0 Å². The lowest BCUT2D eigenvalue weighted by atomic mass is 9.86. The van der Waals surface area contributed by atoms with Gasteiger partial charge < -0.3 is 5.32 Å². The van der Waals surface area contributed by atoms with Crippen molar-refractivity contribution in [2.24, 2.45) is 5.92 Å². The number of aryl methyl sites for hydroxylation is 3. The van der Waals surface area contributed by atoms with Gasteiger partial charge in [0.1, 0.15) is 0 Å². The first-order valence-corrected chi connectivity index (χ1v) is 6.44. The lowest BCUT2D eigenvalue weighted by Gasteiger charge is -2.23. The van der Waals surface area contributed by atoms with E-state index in [0.29, 0.717) is 6.04 Å². The van der Waals surface area contributed by atoms with E-state index in [1.807, 2.05) is 0 Å². The maximum Gasteiger partial charge on any atom is 0.0354 e. The molecule has 0 radical (unpaired) electrons. The summed E-state index contributed by atoms with van der Waals surface area (Å²) in [5, 5.41) is 3.68. The molecule has 0 bridgehead atoms. The van der Waals surface area contributed by atoms with Gasteiger partial charge in [-0.2, -0.15) is 0 Å². The third-order valence-electron chi connectivity index (χ3n) is 3.92. The molecule has 1 aromatic rings. The van der Waals surface area contributed by atoms with Gasteiger partial charge in [0, 0.05) is 6.04 Å². The summed E-state index contributed by atoms with van der Waals surface area (Å²) in [6, 6.07) is 5.22. The van der Waals surface area contributed by atoms with Crippen molar-refractivity contribution < 1.29 is 0 Å². The highest BCUT2D eigenvalue weighted by atomic mass is 15.0. The van der Waals surface area contributed by atoms with Crippen molar-refractivity contribution in [2.75, 3.05) is 6.54 Å². The van der Waals surface area contributed by atoms with Crippen molar-refractivity contribution in [3.05, 3.63) is 34.4 Å². The van der Waals surface area contributed by atoms with E-state index < -0.39 is 0 Å². The molecule has 1 heteroatoms. The first kappa shape index (κ1) is 11.7. The Morgan fingerprint density at radius 1 is 1.19 bits per heavy atom. The Morgan fingerprint density at radius 3 is 2.38 bits per heavy atom. The fourth-order valence-electron chi connectivity index (χ4n) is 3.22. The Bertz CT molecular complexity index is 358. The minimum Gasteiger partial charge on any atom is -0.310 e. The molecule has 0 aromatic heterocycles. The summed E-state index contributed by atoms with van der Waals surface area (Å²) in [6.45, 7) is 10.2. The van der Waals surface area contributed by atoms with Crippen molar-refractivity contribution in [1.29, 1.82) is 0 Å². The predicted molar refractivity (Wildman–Crippen MR) is 69.8 cm³/mol. The van der Waals surface area contributed by atoms with Crippen LogP contribution in [0.3, 0.4) is 0 Å². The zero-order chi connectivity index (χ0) is 11.7. The Hall–Kier alpha value is -0.820. The lowest BCUT2D eigenvalue weighted by Crippen LogP contribution is -2.20. The summed E-state index contributed by atoms with van der Waals surface area (Å²) in [4.78, 5) is 0. The summed E-state index contributed by atoms with van der Waals surface area (Å²) in [7, 11) is 0. The van der Waals surface area contributed by atoms with Crippen LogP contribution in [0, 0.1) is 26.7 Å². The quantitative estimate of drug-likeness (QED) is 0.797. The normalized spacial score (nSPS) is 25.0. The van der Waals surface area contributed by atoms with Crippen molar-refractivity contribution in [2.45, 2.75) is 46.6 Å². The third-order valence-corrected chi connectivity index (χ3v) is 3.92. The molecule has 1 N–H and O–H groups in total. The second-order valence-electron chi connectivity index (χ2n) is 5.20. The number of benzene rings is 1. The van der Waals surface area contributed by atoms with Gasteiger partial charge in [0.25, 0.3) is 0 Å². The van der Waals surface area contributed by atoms with Crippen molar-refractivity contribution in [3.63, 3.8) is 0 Å². The highest BCUT2D eigenvalue weighted by Crippen LogP contribution is 2.35. The number of hydrogen-bond donors (Lipinski definition) is 1. The molecular weight excluding hydrogens is 194 g/mol. The smallest absolute Gasteiger partial charge is 0.0354 e. The fourth-order valence-corrected chi connectivity index (χ4v) is 3.22. The highest BCUT2D eigenvalue weighted by Gasteiger charge is 2.28. The maximum absolute atomic E-state index is 3.68. The van der Waals surface area contributed by atoms with E-state index in [1.54, 1.807) is 5.56 Å². The zero-order valence-electron chi connectivity index (χ0n) is 10.9. The molecule has 88 valence electrons. The molecular formula is C15H23N. The second kappa shape index (κ2) is 4.58. The Morgan fingerprint density at radius 2 is 1.81 bits per heavy atom. The van der Waals surface area contributed by atoms with Crippen LogP contribution in [-0.2, 0) is 0 Å². The van der Waals surface area contributed by atoms with Crippen LogP contribution in [0.25, 0.3) is 0 Å². The SMILES string of the molecule is CC[C@H]1CCN[C@H]1c1c(C)cc(C)cc1C. The van der Waals surface area contributed by atoms with Crippen LogP contribution in [-0.4, -0.2) is 6.54 Å². The van der Waals surface area contributed by atoms with Gasteiger partial charge in [0.2, 0.25) is 0 Å². The van der Waals surface area contributed by atoms with E-state index in [2.05, 4.69) is 45.1 Å². The molecule has 0 unspecified atom stereocenters. The summed E-state index contributed by atoms with van der Waals surface area (Å²) < 4.78 is 0. The topological polar surface area (TPSA) is 12.0 Å². The largest absolute Gasteiger partial charge is 0.310 e. The standard InChI is InChI=1S/C15H23N/c1-5-13-6-7-16-15(13)14-11(3)8-10(2)9-12(14)4/h8-9,13,15-16H,5-7H2,1-4H3/t13-,15+/m0/s1. The minimum atomic E-state index is 0.589. The highest BCUT2D eigenvalue weighted by molar-refractivity contribution is 5.40. The van der Waals surface area contributed by atoms with Crippen LogP contribution in [0.15, 0.2) is 12.1 Å². The van der Waals surface area contributed by atoms with Crippen LogP contribution in [0.1, 0.15) is 48.1 Å². The monoisotopic (exact) mass is 217 g/mol. The van der Waals surface area contributed by atoms with E-state index in [0.717, 1.165) is 5.92 Å². The molecule has 0 spiro atoms. The summed E-state index contributed by atoms with van der Waals surface area (Å²) in [5.74, 6) is 0.820. The molecule has 0 saturated carbocycles. The second-order valence-corrected chi connectivity index (χ2v) is 5.20. The van der Waals surface area contributed by atoms with Gasteiger partial charge in [-0.1, -0.05) is 31.0 Å². The van der Waals surface area contributed by atoms with E-state index in [4.69, 9.17) is 0 Å². The average Bonchev–Trinajstić information content (AvgIpc) is 2.64. The molecule has 1 aliphatic rings. The first-order chi connectivity index (χ1) is 7.63. The molecule has 2 atom stereocenters. The van der Waals surface area contributed by atoms with Gasteiger partial charge in [-0.25, -0.2) is 0 Å². The van der Waals surface area contributed by atoms with E-state index in [9.17, 15) is 0 Å². The van der Waals surface area contributed by atoms with E-state index in [-0.39, 0.29) is 0 Å². The van der Waals surface area contributed by atoms with Gasteiger partial charge in [-0.3, -0.25) is 0 Å². The molecule has 1 nitrogen and oxygen atoms in total. The minimum absolute atomic E-state index is 0.589. The molecule has 1 saturated heterocycles. The molecule has 2 rings (SSSR count). The molecule has 16 heavy (non-hydrogen) atoms. The van der Waals surface area contributed by atoms with E-state index in [1.165, 1.54) is 36.1 Å². The summed E-state index contributed by atoms with van der Waals surface area (Å²) in [6.07, 6.45) is 2.61. The third kappa shape index (κ3) is 2.01. The summed E-state index contributed by atoms with van der Waals surface area (Å²) >= 11 is 0. The van der Waals surface area contributed by atoms with Gasteiger partial charge in [-0.05, 0) is 56.3 Å². The Balaban J connectivity index is 2.39. The maximum atomic E-state index is 3.68. The molecule has 1 fully saturated rings. The lowest BCUT2D eigenvalue weighted by molar-refractivity contribution is 0.446.